The van der Waals surface area contributed by atoms with Crippen molar-refractivity contribution < 1.29 is 18.3 Å². The van der Waals surface area contributed by atoms with E-state index in [0.29, 0.717) is 33.8 Å². The molecule has 2 N–H and O–H groups in total. The molecule has 2 rings (SSSR count). The fourth-order valence-electron chi connectivity index (χ4n) is 2.25. The van der Waals surface area contributed by atoms with Gasteiger partial charge in [-0.25, -0.2) is 23.2 Å². The number of nitrogens with one attached hydrogen (secondary N) is 1. The predicted octanol–water partition coefficient (Wildman–Crippen LogP) is 2.24. The van der Waals surface area contributed by atoms with E-state index in [2.05, 4.69) is 15.3 Å². The number of aryl methyl sites for hydroxylation is 2. The Hall–Kier alpha value is -1.74. The molecule has 0 fully saturated rings. The lowest BCUT2D eigenvalue weighted by Gasteiger charge is -2.15. The number of sulfone groups is 1. The van der Waals surface area contributed by atoms with E-state index >= 15 is 0 Å². The Morgan fingerprint density at radius 3 is 2.57 bits per heavy atom. The summed E-state index contributed by atoms with van der Waals surface area (Å²) in [5, 5.41) is 13.1. The van der Waals surface area contributed by atoms with Crippen LogP contribution in [0, 0.1) is 13.8 Å². The van der Waals surface area contributed by atoms with Gasteiger partial charge in [0.25, 0.3) is 0 Å². The van der Waals surface area contributed by atoms with Crippen LogP contribution < -0.4 is 5.32 Å². The molecular formula is C14H19N3O4S2. The van der Waals surface area contributed by atoms with Crippen LogP contribution >= 0.6 is 11.3 Å². The predicted molar refractivity (Wildman–Crippen MR) is 91.3 cm³/mol. The maximum atomic E-state index is 11.3. The van der Waals surface area contributed by atoms with Crippen molar-refractivity contribution in [1.29, 1.82) is 0 Å². The molecule has 7 nitrogen and oxygen atoms in total. The normalized spacial score (nSPS) is 13.2. The molecule has 23 heavy (non-hydrogen) atoms. The zero-order chi connectivity index (χ0) is 17.4. The number of aromatic nitrogens is 2. The van der Waals surface area contributed by atoms with Crippen molar-refractivity contribution in [2.24, 2.45) is 0 Å². The first-order valence-corrected chi connectivity index (χ1v) is 9.91. The van der Waals surface area contributed by atoms with Gasteiger partial charge in [0, 0.05) is 12.3 Å². The molecule has 0 radical (unpaired) electrons. The van der Waals surface area contributed by atoms with Crippen molar-refractivity contribution in [3.8, 4) is 0 Å². The number of anilines is 1. The molecule has 0 aromatic carbocycles. The highest BCUT2D eigenvalue weighted by Crippen LogP contribution is 2.34. The maximum Gasteiger partial charge on any atom is 0.346 e. The molecule has 0 aliphatic rings. The summed E-state index contributed by atoms with van der Waals surface area (Å²) in [6.45, 7) is 5.34. The van der Waals surface area contributed by atoms with E-state index in [4.69, 9.17) is 0 Å². The molecule has 126 valence electrons. The van der Waals surface area contributed by atoms with E-state index in [9.17, 15) is 18.3 Å². The van der Waals surface area contributed by atoms with E-state index in [1.807, 2.05) is 6.92 Å². The lowest BCUT2D eigenvalue weighted by molar-refractivity contribution is 0.0701. The molecule has 0 spiro atoms. The van der Waals surface area contributed by atoms with E-state index in [1.165, 1.54) is 6.26 Å². The summed E-state index contributed by atoms with van der Waals surface area (Å²) in [6, 6.07) is -0.116. The molecule has 2 heterocycles. The van der Waals surface area contributed by atoms with Crippen LogP contribution in [0.2, 0.25) is 0 Å². The third-order valence-corrected chi connectivity index (χ3v) is 5.55. The van der Waals surface area contributed by atoms with Crippen molar-refractivity contribution in [2.45, 2.75) is 33.2 Å². The molecule has 2 aromatic heterocycles. The molecule has 0 saturated carbocycles. The SMILES string of the molecule is Cc1nc(NC(C)CCS(C)(=O)=O)c2c(C)c(C(=O)O)sc2n1. The zero-order valence-corrected chi connectivity index (χ0v) is 15.0. The lowest BCUT2D eigenvalue weighted by atomic mass is 10.2. The smallest absolute Gasteiger partial charge is 0.346 e. The van der Waals surface area contributed by atoms with Crippen LogP contribution in [0.15, 0.2) is 0 Å². The second kappa shape index (κ2) is 6.40. The van der Waals surface area contributed by atoms with Gasteiger partial charge in [0.05, 0.1) is 11.1 Å². The van der Waals surface area contributed by atoms with Gasteiger partial charge in [-0.3, -0.25) is 0 Å². The van der Waals surface area contributed by atoms with Crippen molar-refractivity contribution in [1.82, 2.24) is 9.97 Å². The molecule has 0 saturated heterocycles. The molecule has 1 atom stereocenters. The number of hydrogen-bond donors (Lipinski definition) is 2. The van der Waals surface area contributed by atoms with Gasteiger partial charge >= 0.3 is 5.97 Å². The summed E-state index contributed by atoms with van der Waals surface area (Å²) in [6.07, 6.45) is 1.65. The number of carbonyl (C=O) groups is 1. The van der Waals surface area contributed by atoms with Gasteiger partial charge in [-0.05, 0) is 32.8 Å². The Kier molecular flexibility index (Phi) is 4.90. The number of rotatable bonds is 6. The summed E-state index contributed by atoms with van der Waals surface area (Å²) >= 11 is 1.12. The average Bonchev–Trinajstić information content (AvgIpc) is 2.73. The molecule has 2 aromatic rings. The summed E-state index contributed by atoms with van der Waals surface area (Å²) in [7, 11) is -3.03. The molecule has 0 aliphatic carbocycles. The molecule has 0 amide bonds. The van der Waals surface area contributed by atoms with Crippen molar-refractivity contribution in [3.63, 3.8) is 0 Å². The molecule has 9 heteroatoms. The number of fused-ring (bicyclic) bond motifs is 1. The van der Waals surface area contributed by atoms with Gasteiger partial charge in [0.15, 0.2) is 0 Å². The monoisotopic (exact) mass is 357 g/mol. The minimum absolute atomic E-state index is 0.0807. The van der Waals surface area contributed by atoms with E-state index in [-0.39, 0.29) is 16.7 Å². The number of carboxylic acid groups (broad SMARTS) is 1. The Balaban J connectivity index is 2.38. The summed E-state index contributed by atoms with van der Waals surface area (Å²) in [5.41, 5.74) is 0.621. The fourth-order valence-corrected chi connectivity index (χ4v) is 4.10. The Morgan fingerprint density at radius 1 is 1.35 bits per heavy atom. The Labute approximate surface area is 138 Å². The standard InChI is InChI=1S/C14H19N3O4S2/c1-7(5-6-23(4,20)21)15-12-10-8(2)11(14(18)19)22-13(10)17-9(3)16-12/h7H,5-6H2,1-4H3,(H,18,19)(H,15,16,17). The highest BCUT2D eigenvalue weighted by atomic mass is 32.2. The topological polar surface area (TPSA) is 109 Å². The van der Waals surface area contributed by atoms with Crippen LogP contribution in [-0.4, -0.2) is 47.5 Å². The number of nitrogens with zero attached hydrogens (tertiary/aromatic N) is 2. The zero-order valence-electron chi connectivity index (χ0n) is 13.4. The van der Waals surface area contributed by atoms with Gasteiger partial charge in [-0.2, -0.15) is 0 Å². The highest BCUT2D eigenvalue weighted by molar-refractivity contribution is 7.90. The second-order valence-corrected chi connectivity index (χ2v) is 8.88. The number of thiophene rings is 1. The molecule has 0 aliphatic heterocycles. The number of hydrogen-bond acceptors (Lipinski definition) is 7. The third kappa shape index (κ3) is 4.17. The summed E-state index contributed by atoms with van der Waals surface area (Å²) < 4.78 is 22.5. The first kappa shape index (κ1) is 17.6. The molecular weight excluding hydrogens is 338 g/mol. The summed E-state index contributed by atoms with van der Waals surface area (Å²) in [5.74, 6) is 0.180. The summed E-state index contributed by atoms with van der Waals surface area (Å²) in [4.78, 5) is 20.8. The van der Waals surface area contributed by atoms with Crippen molar-refractivity contribution in [2.75, 3.05) is 17.3 Å². The number of aromatic carboxylic acids is 1. The average molecular weight is 357 g/mol. The van der Waals surface area contributed by atoms with Crippen LogP contribution in [-0.2, 0) is 9.84 Å². The van der Waals surface area contributed by atoms with E-state index in [1.54, 1.807) is 13.8 Å². The van der Waals surface area contributed by atoms with Crippen LogP contribution in [0.25, 0.3) is 10.2 Å². The van der Waals surface area contributed by atoms with E-state index < -0.39 is 15.8 Å². The first-order chi connectivity index (χ1) is 10.6. The molecule has 0 bridgehead atoms. The van der Waals surface area contributed by atoms with Crippen LogP contribution in [0.5, 0.6) is 0 Å². The van der Waals surface area contributed by atoms with E-state index in [0.717, 1.165) is 11.3 Å². The van der Waals surface area contributed by atoms with Crippen LogP contribution in [0.1, 0.15) is 34.4 Å². The quantitative estimate of drug-likeness (QED) is 0.816. The Morgan fingerprint density at radius 2 is 2.00 bits per heavy atom. The minimum atomic E-state index is -3.03. The van der Waals surface area contributed by atoms with Crippen molar-refractivity contribution >= 4 is 43.2 Å². The van der Waals surface area contributed by atoms with Crippen LogP contribution in [0.4, 0.5) is 5.82 Å². The van der Waals surface area contributed by atoms with Gasteiger partial charge < -0.3 is 10.4 Å². The lowest BCUT2D eigenvalue weighted by Crippen LogP contribution is -2.20. The van der Waals surface area contributed by atoms with Crippen LogP contribution in [0.3, 0.4) is 0 Å². The minimum Gasteiger partial charge on any atom is -0.477 e. The highest BCUT2D eigenvalue weighted by Gasteiger charge is 2.20. The van der Waals surface area contributed by atoms with Gasteiger partial charge in [0.2, 0.25) is 0 Å². The van der Waals surface area contributed by atoms with Gasteiger partial charge in [-0.15, -0.1) is 11.3 Å². The van der Waals surface area contributed by atoms with Gasteiger partial charge in [-0.1, -0.05) is 0 Å². The van der Waals surface area contributed by atoms with Gasteiger partial charge in [0.1, 0.15) is 31.2 Å². The first-order valence-electron chi connectivity index (χ1n) is 7.03. The Bertz CT molecular complexity index is 859. The molecule has 1 unspecified atom stereocenters. The maximum absolute atomic E-state index is 11.3. The fraction of sp³-hybridized carbons (Fsp3) is 0.500. The second-order valence-electron chi connectivity index (χ2n) is 5.62. The third-order valence-electron chi connectivity index (χ3n) is 3.40. The van der Waals surface area contributed by atoms with Crippen molar-refractivity contribution in [3.05, 3.63) is 16.3 Å². The number of carboxylic acids is 1. The largest absolute Gasteiger partial charge is 0.477 e.